The second-order valence-corrected chi connectivity index (χ2v) is 7.50. The summed E-state index contributed by atoms with van der Waals surface area (Å²) in [6.45, 7) is 4.87. The summed E-state index contributed by atoms with van der Waals surface area (Å²) in [6, 6.07) is 15.6. The van der Waals surface area contributed by atoms with E-state index in [2.05, 4.69) is 52.1 Å². The summed E-state index contributed by atoms with van der Waals surface area (Å²) < 4.78 is 3.01. The average molecular weight is 416 g/mol. The number of hydrogen-bond donors (Lipinski definition) is 0. The van der Waals surface area contributed by atoms with E-state index in [0.717, 1.165) is 27.6 Å². The van der Waals surface area contributed by atoms with Gasteiger partial charge in [0.25, 0.3) is 0 Å². The van der Waals surface area contributed by atoms with Gasteiger partial charge in [0.1, 0.15) is 0 Å². The van der Waals surface area contributed by atoms with E-state index in [0.29, 0.717) is 11.3 Å². The topological polar surface area (TPSA) is 47.8 Å². The molecule has 6 heteroatoms. The minimum Gasteiger partial charge on any atom is -0.302 e. The molecule has 4 nitrogen and oxygen atoms in total. The van der Waals surface area contributed by atoms with E-state index in [1.165, 1.54) is 17.3 Å². The number of carbonyl (C=O) groups is 1. The van der Waals surface area contributed by atoms with Gasteiger partial charge in [0.2, 0.25) is 0 Å². The lowest BCUT2D eigenvalue weighted by Gasteiger charge is -2.07. The number of hydrogen-bond acceptors (Lipinski definition) is 4. The van der Waals surface area contributed by atoms with E-state index in [1.807, 2.05) is 41.0 Å². The van der Waals surface area contributed by atoms with Crippen molar-refractivity contribution in [1.82, 2.24) is 14.8 Å². The van der Waals surface area contributed by atoms with Gasteiger partial charge in [0.15, 0.2) is 16.8 Å². The molecule has 0 saturated heterocycles. The fraction of sp³-hybridized carbons (Fsp3) is 0.211. The zero-order valence-corrected chi connectivity index (χ0v) is 16.5. The zero-order chi connectivity index (χ0) is 17.8. The number of aromatic nitrogens is 3. The van der Waals surface area contributed by atoms with Gasteiger partial charge in [-0.05, 0) is 32.0 Å². The van der Waals surface area contributed by atoms with E-state index in [4.69, 9.17) is 0 Å². The molecule has 0 fully saturated rings. The van der Waals surface area contributed by atoms with Gasteiger partial charge in [-0.15, -0.1) is 10.2 Å². The molecular weight excluding hydrogens is 398 g/mol. The summed E-state index contributed by atoms with van der Waals surface area (Å²) in [5, 5.41) is 9.39. The molecule has 0 N–H and O–H groups in total. The maximum atomic E-state index is 12.4. The van der Waals surface area contributed by atoms with Crippen molar-refractivity contribution in [3.05, 3.63) is 64.1 Å². The lowest BCUT2D eigenvalue weighted by molar-refractivity contribution is 0.102. The molecule has 0 aliphatic rings. The summed E-state index contributed by atoms with van der Waals surface area (Å²) in [5.74, 6) is 1.26. The lowest BCUT2D eigenvalue weighted by atomic mass is 10.1. The molecule has 0 unspecified atom stereocenters. The third-order valence-corrected chi connectivity index (χ3v) is 5.30. The molecule has 0 bridgehead atoms. The van der Waals surface area contributed by atoms with Gasteiger partial charge in [-0.2, -0.15) is 0 Å². The Morgan fingerprint density at radius 2 is 1.92 bits per heavy atom. The van der Waals surface area contributed by atoms with Gasteiger partial charge in [-0.3, -0.25) is 4.79 Å². The molecule has 2 aromatic carbocycles. The Morgan fingerprint density at radius 1 is 1.16 bits per heavy atom. The molecule has 1 heterocycles. The number of Topliss-reactive ketones (excluding diaryl/α,β-unsaturated/α-hetero) is 1. The maximum Gasteiger partial charge on any atom is 0.191 e. The van der Waals surface area contributed by atoms with E-state index < -0.39 is 0 Å². The Morgan fingerprint density at radius 3 is 2.60 bits per heavy atom. The molecule has 0 saturated carbocycles. The van der Waals surface area contributed by atoms with Crippen molar-refractivity contribution in [1.29, 1.82) is 0 Å². The van der Waals surface area contributed by atoms with Crippen molar-refractivity contribution in [2.75, 3.05) is 5.75 Å². The number of rotatable bonds is 6. The normalized spacial score (nSPS) is 10.8. The molecule has 128 valence electrons. The first-order valence-electron chi connectivity index (χ1n) is 8.00. The Labute approximate surface area is 159 Å². The maximum absolute atomic E-state index is 12.4. The number of aryl methyl sites for hydroxylation is 1. The van der Waals surface area contributed by atoms with Gasteiger partial charge in [-0.1, -0.05) is 63.6 Å². The molecule has 25 heavy (non-hydrogen) atoms. The Bertz CT molecular complexity index is 890. The highest BCUT2D eigenvalue weighted by molar-refractivity contribution is 9.10. The molecule has 0 radical (unpaired) electrons. The van der Waals surface area contributed by atoms with Crippen LogP contribution in [0.4, 0.5) is 0 Å². The minimum absolute atomic E-state index is 0.0836. The monoisotopic (exact) mass is 415 g/mol. The van der Waals surface area contributed by atoms with Gasteiger partial charge < -0.3 is 4.57 Å². The number of carbonyl (C=O) groups excluding carboxylic acids is 1. The zero-order valence-electron chi connectivity index (χ0n) is 14.1. The van der Waals surface area contributed by atoms with Crippen molar-refractivity contribution in [3.8, 4) is 11.4 Å². The Kier molecular flexibility index (Phi) is 5.71. The van der Waals surface area contributed by atoms with Gasteiger partial charge in [-0.25, -0.2) is 0 Å². The Balaban J connectivity index is 1.77. The number of ketones is 1. The van der Waals surface area contributed by atoms with E-state index in [-0.39, 0.29) is 5.78 Å². The molecule has 1 aromatic heterocycles. The van der Waals surface area contributed by atoms with Crippen LogP contribution in [-0.4, -0.2) is 26.3 Å². The van der Waals surface area contributed by atoms with Crippen molar-refractivity contribution in [3.63, 3.8) is 0 Å². The summed E-state index contributed by atoms with van der Waals surface area (Å²) in [6.07, 6.45) is 0. The summed E-state index contributed by atoms with van der Waals surface area (Å²) >= 11 is 4.81. The molecule has 0 spiro atoms. The second kappa shape index (κ2) is 7.97. The van der Waals surface area contributed by atoms with Crippen LogP contribution in [0.3, 0.4) is 0 Å². The summed E-state index contributed by atoms with van der Waals surface area (Å²) in [4.78, 5) is 12.4. The van der Waals surface area contributed by atoms with Crippen LogP contribution in [0.5, 0.6) is 0 Å². The Hall–Kier alpha value is -1.92. The lowest BCUT2D eigenvalue weighted by Crippen LogP contribution is -2.05. The standard InChI is InChI=1S/C19H18BrN3OS/c1-3-23-18(15-6-4-5-13(2)11-15)21-22-19(23)25-12-17(24)14-7-9-16(20)10-8-14/h4-11H,3,12H2,1-2H3. The first-order valence-corrected chi connectivity index (χ1v) is 9.78. The average Bonchev–Trinajstić information content (AvgIpc) is 3.03. The van der Waals surface area contributed by atoms with Crippen LogP contribution >= 0.6 is 27.7 Å². The van der Waals surface area contributed by atoms with Crippen LogP contribution < -0.4 is 0 Å². The molecule has 0 aliphatic heterocycles. The molecule has 3 aromatic rings. The number of nitrogens with zero attached hydrogens (tertiary/aromatic N) is 3. The van der Waals surface area contributed by atoms with E-state index in [1.54, 1.807) is 0 Å². The van der Waals surface area contributed by atoms with Crippen LogP contribution in [0.25, 0.3) is 11.4 Å². The quantitative estimate of drug-likeness (QED) is 0.419. The van der Waals surface area contributed by atoms with E-state index >= 15 is 0 Å². The smallest absolute Gasteiger partial charge is 0.191 e. The van der Waals surface area contributed by atoms with Gasteiger partial charge >= 0.3 is 0 Å². The molecule has 0 amide bonds. The van der Waals surface area contributed by atoms with E-state index in [9.17, 15) is 4.79 Å². The highest BCUT2D eigenvalue weighted by Gasteiger charge is 2.15. The number of thioether (sulfide) groups is 1. The van der Waals surface area contributed by atoms with Crippen molar-refractivity contribution >= 4 is 33.5 Å². The number of halogens is 1. The van der Waals surface area contributed by atoms with Gasteiger partial charge in [0.05, 0.1) is 5.75 Å². The van der Waals surface area contributed by atoms with Crippen molar-refractivity contribution < 1.29 is 4.79 Å². The first-order chi connectivity index (χ1) is 12.1. The molecule has 0 atom stereocenters. The van der Waals surface area contributed by atoms with Crippen molar-refractivity contribution in [2.24, 2.45) is 0 Å². The van der Waals surface area contributed by atoms with Crippen LogP contribution in [0.1, 0.15) is 22.8 Å². The third kappa shape index (κ3) is 4.19. The highest BCUT2D eigenvalue weighted by atomic mass is 79.9. The third-order valence-electron chi connectivity index (χ3n) is 3.81. The fourth-order valence-electron chi connectivity index (χ4n) is 2.53. The predicted octanol–water partition coefficient (Wildman–Crippen LogP) is 5.01. The first kappa shape index (κ1) is 17.9. The molecule has 3 rings (SSSR count). The van der Waals surface area contributed by atoms with Gasteiger partial charge in [0, 0.05) is 22.1 Å². The van der Waals surface area contributed by atoms with Crippen LogP contribution in [0, 0.1) is 6.92 Å². The van der Waals surface area contributed by atoms with Crippen LogP contribution in [0.15, 0.2) is 58.2 Å². The SMILES string of the molecule is CCn1c(SCC(=O)c2ccc(Br)cc2)nnc1-c1cccc(C)c1. The molecular formula is C19H18BrN3OS. The number of benzene rings is 2. The second-order valence-electron chi connectivity index (χ2n) is 5.64. The minimum atomic E-state index is 0.0836. The molecule has 0 aliphatic carbocycles. The summed E-state index contributed by atoms with van der Waals surface area (Å²) in [5.41, 5.74) is 2.93. The summed E-state index contributed by atoms with van der Waals surface area (Å²) in [7, 11) is 0. The van der Waals surface area contributed by atoms with Crippen molar-refractivity contribution in [2.45, 2.75) is 25.5 Å². The largest absolute Gasteiger partial charge is 0.302 e. The van der Waals surface area contributed by atoms with Crippen LogP contribution in [0.2, 0.25) is 0 Å². The van der Waals surface area contributed by atoms with Crippen LogP contribution in [-0.2, 0) is 6.54 Å². The highest BCUT2D eigenvalue weighted by Crippen LogP contribution is 2.25. The fourth-order valence-corrected chi connectivity index (χ4v) is 3.69. The predicted molar refractivity (Wildman–Crippen MR) is 105 cm³/mol.